The molecular formula is C22H31NO4. The minimum atomic E-state index is -0.759. The van der Waals surface area contributed by atoms with Crippen molar-refractivity contribution in [2.45, 2.75) is 44.6 Å². The third kappa shape index (κ3) is 4.90. The average Bonchev–Trinajstić information content (AvgIpc) is 2.67. The molecule has 0 amide bonds. The second kappa shape index (κ2) is 8.89. The second-order valence-corrected chi connectivity index (χ2v) is 7.68. The zero-order valence-electron chi connectivity index (χ0n) is 16.3. The van der Waals surface area contributed by atoms with E-state index in [0.717, 1.165) is 42.8 Å². The van der Waals surface area contributed by atoms with Gasteiger partial charge in [-0.1, -0.05) is 18.2 Å². The summed E-state index contributed by atoms with van der Waals surface area (Å²) in [6.45, 7) is 9.26. The van der Waals surface area contributed by atoms with E-state index in [1.165, 1.54) is 0 Å². The Morgan fingerprint density at radius 3 is 2.81 bits per heavy atom. The Morgan fingerprint density at radius 2 is 2.19 bits per heavy atom. The molecule has 148 valence electrons. The number of carbonyl (C=O) groups excluding carboxylic acids is 1. The molecule has 0 saturated carbocycles. The highest BCUT2D eigenvalue weighted by molar-refractivity contribution is 5.69. The van der Waals surface area contributed by atoms with E-state index < -0.39 is 5.60 Å². The van der Waals surface area contributed by atoms with Crippen LogP contribution in [0.3, 0.4) is 0 Å². The topological polar surface area (TPSA) is 59.0 Å². The smallest absolute Gasteiger partial charge is 0.306 e. The number of rotatable bonds is 9. The Morgan fingerprint density at radius 1 is 1.41 bits per heavy atom. The van der Waals surface area contributed by atoms with Crippen molar-refractivity contribution in [3.8, 4) is 5.75 Å². The van der Waals surface area contributed by atoms with E-state index >= 15 is 0 Å². The average molecular weight is 373 g/mol. The van der Waals surface area contributed by atoms with Crippen molar-refractivity contribution in [1.82, 2.24) is 4.90 Å². The number of aliphatic hydroxyl groups is 1. The van der Waals surface area contributed by atoms with E-state index in [0.29, 0.717) is 44.9 Å². The highest BCUT2D eigenvalue weighted by Crippen LogP contribution is 2.36. The van der Waals surface area contributed by atoms with Crippen LogP contribution in [0.1, 0.15) is 37.3 Å². The van der Waals surface area contributed by atoms with Crippen molar-refractivity contribution in [1.29, 1.82) is 0 Å². The fourth-order valence-electron chi connectivity index (χ4n) is 4.23. The summed E-state index contributed by atoms with van der Waals surface area (Å²) in [5, 5.41) is 11.1. The standard InChI is InChI=1S/C22H31NO4/c1-3-5-18-14-17(7-9-21(24)26-4-2)6-8-20(18)27-16-22(25)15-23-12-10-19(22)11-13-23/h3,6,8,14,19,25H,1,4-5,7,9-13,15-16H2,2H3. The number of benzene rings is 1. The van der Waals surface area contributed by atoms with Gasteiger partial charge in [-0.25, -0.2) is 0 Å². The Bertz CT molecular complexity index is 666. The summed E-state index contributed by atoms with van der Waals surface area (Å²) >= 11 is 0. The van der Waals surface area contributed by atoms with Gasteiger partial charge in [0.05, 0.1) is 6.61 Å². The van der Waals surface area contributed by atoms with Gasteiger partial charge in [0.25, 0.3) is 0 Å². The molecule has 4 rings (SSSR count). The van der Waals surface area contributed by atoms with Gasteiger partial charge in [0.2, 0.25) is 0 Å². The van der Waals surface area contributed by atoms with E-state index in [9.17, 15) is 9.90 Å². The van der Waals surface area contributed by atoms with E-state index in [-0.39, 0.29) is 5.97 Å². The lowest BCUT2D eigenvalue weighted by molar-refractivity contribution is -0.143. The molecule has 3 aliphatic heterocycles. The molecule has 5 heteroatoms. The van der Waals surface area contributed by atoms with E-state index in [2.05, 4.69) is 17.5 Å². The largest absolute Gasteiger partial charge is 0.490 e. The number of carbonyl (C=O) groups is 1. The number of allylic oxidation sites excluding steroid dienone is 1. The SMILES string of the molecule is C=CCc1cc(CCC(=O)OCC)ccc1OCC1(O)CN2CCC1CC2. The molecule has 3 heterocycles. The van der Waals surface area contributed by atoms with Gasteiger partial charge < -0.3 is 19.5 Å². The zero-order valence-corrected chi connectivity index (χ0v) is 16.3. The zero-order chi connectivity index (χ0) is 19.3. The van der Waals surface area contributed by atoms with Crippen LogP contribution < -0.4 is 4.74 Å². The van der Waals surface area contributed by atoms with Crippen LogP contribution in [0.25, 0.3) is 0 Å². The van der Waals surface area contributed by atoms with Crippen LogP contribution in [0, 0.1) is 5.92 Å². The van der Waals surface area contributed by atoms with E-state index in [4.69, 9.17) is 9.47 Å². The Labute approximate surface area is 162 Å². The number of hydrogen-bond acceptors (Lipinski definition) is 5. The van der Waals surface area contributed by atoms with Crippen molar-refractivity contribution in [3.05, 3.63) is 42.0 Å². The maximum atomic E-state index is 11.6. The number of ether oxygens (including phenoxy) is 2. The first-order valence-corrected chi connectivity index (χ1v) is 10.00. The molecule has 1 N–H and O–H groups in total. The van der Waals surface area contributed by atoms with Gasteiger partial charge >= 0.3 is 5.97 Å². The van der Waals surface area contributed by atoms with E-state index in [1.54, 1.807) is 0 Å². The van der Waals surface area contributed by atoms with Gasteiger partial charge in [-0.15, -0.1) is 6.58 Å². The van der Waals surface area contributed by atoms with Gasteiger partial charge in [-0.05, 0) is 68.8 Å². The third-order valence-electron chi connectivity index (χ3n) is 5.73. The van der Waals surface area contributed by atoms with Gasteiger partial charge in [-0.2, -0.15) is 0 Å². The van der Waals surface area contributed by atoms with Crippen molar-refractivity contribution in [2.75, 3.05) is 32.8 Å². The summed E-state index contributed by atoms with van der Waals surface area (Å²) in [7, 11) is 0. The van der Waals surface area contributed by atoms with Crippen LogP contribution in [0.4, 0.5) is 0 Å². The molecule has 0 aromatic heterocycles. The molecule has 0 aliphatic carbocycles. The first-order chi connectivity index (χ1) is 13.0. The lowest BCUT2D eigenvalue weighted by Crippen LogP contribution is -2.61. The van der Waals surface area contributed by atoms with Crippen molar-refractivity contribution in [2.24, 2.45) is 5.92 Å². The molecular weight excluding hydrogens is 342 g/mol. The predicted molar refractivity (Wildman–Crippen MR) is 105 cm³/mol. The Kier molecular flexibility index (Phi) is 6.55. The monoisotopic (exact) mass is 373 g/mol. The van der Waals surface area contributed by atoms with Crippen molar-refractivity contribution >= 4 is 5.97 Å². The summed E-state index contributed by atoms with van der Waals surface area (Å²) in [5.74, 6) is 0.946. The van der Waals surface area contributed by atoms with E-state index in [1.807, 2.05) is 25.1 Å². The highest BCUT2D eigenvalue weighted by atomic mass is 16.5. The van der Waals surface area contributed by atoms with Gasteiger partial charge in [-0.3, -0.25) is 4.79 Å². The number of esters is 1. The van der Waals surface area contributed by atoms with Crippen LogP contribution in [0.2, 0.25) is 0 Å². The number of aryl methyl sites for hydroxylation is 1. The summed E-state index contributed by atoms with van der Waals surface area (Å²) in [6, 6.07) is 6.00. The first-order valence-electron chi connectivity index (χ1n) is 10.00. The van der Waals surface area contributed by atoms with Crippen molar-refractivity contribution in [3.63, 3.8) is 0 Å². The Balaban J connectivity index is 1.64. The molecule has 0 radical (unpaired) electrons. The molecule has 0 spiro atoms. The summed E-state index contributed by atoms with van der Waals surface area (Å²) in [6.07, 6.45) is 5.65. The van der Waals surface area contributed by atoms with Gasteiger partial charge in [0, 0.05) is 13.0 Å². The molecule has 1 atom stereocenters. The number of piperidine rings is 3. The van der Waals surface area contributed by atoms with Crippen LogP contribution in [0.5, 0.6) is 5.75 Å². The molecule has 3 fully saturated rings. The lowest BCUT2D eigenvalue weighted by Gasteiger charge is -2.50. The number of nitrogens with zero attached hydrogens (tertiary/aromatic N) is 1. The molecule has 1 aromatic rings. The predicted octanol–water partition coefficient (Wildman–Crippen LogP) is 2.75. The number of hydrogen-bond donors (Lipinski definition) is 1. The first kappa shape index (κ1) is 19.9. The third-order valence-corrected chi connectivity index (χ3v) is 5.73. The van der Waals surface area contributed by atoms with Crippen LogP contribution in [-0.4, -0.2) is 54.4 Å². The quantitative estimate of drug-likeness (QED) is 0.533. The molecule has 5 nitrogen and oxygen atoms in total. The van der Waals surface area contributed by atoms with Crippen molar-refractivity contribution < 1.29 is 19.4 Å². The fraction of sp³-hybridized carbons (Fsp3) is 0.591. The number of fused-ring (bicyclic) bond motifs is 3. The maximum absolute atomic E-state index is 11.6. The molecule has 1 unspecified atom stereocenters. The van der Waals surface area contributed by atoms with Gasteiger partial charge in [0.1, 0.15) is 18.0 Å². The molecule has 3 aliphatic rings. The van der Waals surface area contributed by atoms with Crippen LogP contribution >= 0.6 is 0 Å². The summed E-state index contributed by atoms with van der Waals surface area (Å²) < 4.78 is 11.1. The molecule has 3 saturated heterocycles. The lowest BCUT2D eigenvalue weighted by atomic mass is 9.76. The summed E-state index contributed by atoms with van der Waals surface area (Å²) in [4.78, 5) is 13.9. The highest BCUT2D eigenvalue weighted by Gasteiger charge is 2.46. The maximum Gasteiger partial charge on any atom is 0.306 e. The second-order valence-electron chi connectivity index (χ2n) is 7.68. The summed E-state index contributed by atoms with van der Waals surface area (Å²) in [5.41, 5.74) is 1.36. The minimum Gasteiger partial charge on any atom is -0.490 e. The molecule has 27 heavy (non-hydrogen) atoms. The Hall–Kier alpha value is -1.85. The van der Waals surface area contributed by atoms with Gasteiger partial charge in [0.15, 0.2) is 0 Å². The normalized spacial score (nSPS) is 26.6. The molecule has 2 bridgehead atoms. The van der Waals surface area contributed by atoms with Crippen LogP contribution in [0.15, 0.2) is 30.9 Å². The minimum absolute atomic E-state index is 0.173. The fourth-order valence-corrected chi connectivity index (χ4v) is 4.23. The molecule has 1 aromatic carbocycles. The van der Waals surface area contributed by atoms with Crippen LogP contribution in [-0.2, 0) is 22.4 Å².